The molecule has 0 saturated heterocycles. The second kappa shape index (κ2) is 10.2. The van der Waals surface area contributed by atoms with E-state index in [1.54, 1.807) is 11.9 Å². The highest BCUT2D eigenvalue weighted by Gasteiger charge is 2.16. The van der Waals surface area contributed by atoms with E-state index in [4.69, 9.17) is 5.11 Å². The van der Waals surface area contributed by atoms with Gasteiger partial charge in [-0.2, -0.15) is 0 Å². The largest absolute Gasteiger partial charge is 0.481 e. The number of aliphatic carboxylic acids is 1. The van der Waals surface area contributed by atoms with Crippen LogP contribution in [0.3, 0.4) is 0 Å². The van der Waals surface area contributed by atoms with Gasteiger partial charge in [-0.1, -0.05) is 13.8 Å². The number of carboxylic acid groups (broad SMARTS) is 1. The van der Waals surface area contributed by atoms with Gasteiger partial charge in [0.15, 0.2) is 0 Å². The molecule has 0 bridgehead atoms. The number of hydrogen-bond acceptors (Lipinski definition) is 3. The van der Waals surface area contributed by atoms with Gasteiger partial charge in [-0.25, -0.2) is 0 Å². The van der Waals surface area contributed by atoms with Crippen molar-refractivity contribution in [2.75, 3.05) is 26.7 Å². The van der Waals surface area contributed by atoms with Gasteiger partial charge in [0.2, 0.25) is 11.8 Å². The maximum absolute atomic E-state index is 12.0. The first kappa shape index (κ1) is 18.4. The highest BCUT2D eigenvalue weighted by Crippen LogP contribution is 2.03. The lowest BCUT2D eigenvalue weighted by atomic mass is 10.2. The van der Waals surface area contributed by atoms with Crippen molar-refractivity contribution in [3.05, 3.63) is 0 Å². The molecule has 0 rings (SSSR count). The number of carbonyl (C=O) groups excluding carboxylic acids is 2. The molecule has 6 nitrogen and oxygen atoms in total. The summed E-state index contributed by atoms with van der Waals surface area (Å²) in [6, 6.07) is 0. The summed E-state index contributed by atoms with van der Waals surface area (Å²) in [7, 11) is 1.56. The van der Waals surface area contributed by atoms with Crippen molar-refractivity contribution in [2.24, 2.45) is 0 Å². The predicted molar refractivity (Wildman–Crippen MR) is 76.3 cm³/mol. The minimum atomic E-state index is -0.933. The normalized spacial score (nSPS) is 10.2. The maximum atomic E-state index is 12.0. The van der Waals surface area contributed by atoms with E-state index >= 15 is 0 Å². The zero-order chi connectivity index (χ0) is 15.5. The number of nitrogens with zero attached hydrogens (tertiary/aromatic N) is 2. The first-order valence-corrected chi connectivity index (χ1v) is 7.15. The lowest BCUT2D eigenvalue weighted by molar-refractivity contribution is -0.139. The maximum Gasteiger partial charge on any atom is 0.305 e. The van der Waals surface area contributed by atoms with Crippen LogP contribution in [0.15, 0.2) is 0 Å². The van der Waals surface area contributed by atoms with Gasteiger partial charge in [0.1, 0.15) is 0 Å². The molecular formula is C14H26N2O4. The van der Waals surface area contributed by atoms with Gasteiger partial charge in [0, 0.05) is 39.5 Å². The van der Waals surface area contributed by atoms with Crippen LogP contribution in [0, 0.1) is 0 Å². The van der Waals surface area contributed by atoms with E-state index in [1.165, 1.54) is 4.90 Å². The Balaban J connectivity index is 4.14. The monoisotopic (exact) mass is 286 g/mol. The molecule has 2 amide bonds. The van der Waals surface area contributed by atoms with E-state index in [0.717, 1.165) is 25.9 Å². The van der Waals surface area contributed by atoms with Gasteiger partial charge in [-0.05, 0) is 12.8 Å². The Morgan fingerprint density at radius 1 is 0.850 bits per heavy atom. The molecule has 0 radical (unpaired) electrons. The standard InChI is InChI=1S/C14H26N2O4/c1-4-9-16(10-5-2)13(18)7-6-12(17)15(3)11-8-14(19)20/h4-11H2,1-3H3,(H,19,20). The summed E-state index contributed by atoms with van der Waals surface area (Å²) >= 11 is 0. The fourth-order valence-corrected chi connectivity index (χ4v) is 1.85. The average molecular weight is 286 g/mol. The number of rotatable bonds is 10. The number of amides is 2. The Morgan fingerprint density at radius 3 is 1.80 bits per heavy atom. The third-order valence-corrected chi connectivity index (χ3v) is 2.98. The van der Waals surface area contributed by atoms with Crippen molar-refractivity contribution in [2.45, 2.75) is 46.0 Å². The highest BCUT2D eigenvalue weighted by atomic mass is 16.4. The molecule has 0 aromatic heterocycles. The van der Waals surface area contributed by atoms with E-state index < -0.39 is 5.97 Å². The second-order valence-electron chi connectivity index (χ2n) is 4.84. The quantitative estimate of drug-likeness (QED) is 0.657. The van der Waals surface area contributed by atoms with Crippen LogP contribution in [-0.2, 0) is 14.4 Å². The molecule has 0 atom stereocenters. The Hall–Kier alpha value is -1.59. The summed E-state index contributed by atoms with van der Waals surface area (Å²) in [4.78, 5) is 37.3. The third kappa shape index (κ3) is 7.76. The van der Waals surface area contributed by atoms with Crippen molar-refractivity contribution in [3.8, 4) is 0 Å². The first-order chi connectivity index (χ1) is 9.42. The molecule has 0 fully saturated rings. The van der Waals surface area contributed by atoms with Gasteiger partial charge < -0.3 is 14.9 Å². The molecule has 0 heterocycles. The average Bonchev–Trinajstić information content (AvgIpc) is 2.41. The molecule has 0 aromatic rings. The van der Waals surface area contributed by atoms with Crippen LogP contribution < -0.4 is 0 Å². The molecule has 0 aliphatic carbocycles. The van der Waals surface area contributed by atoms with Crippen LogP contribution in [0.1, 0.15) is 46.0 Å². The Morgan fingerprint density at radius 2 is 1.35 bits per heavy atom. The number of hydrogen-bond donors (Lipinski definition) is 1. The summed E-state index contributed by atoms with van der Waals surface area (Å²) in [5, 5.41) is 8.55. The van der Waals surface area contributed by atoms with Gasteiger partial charge in [-0.15, -0.1) is 0 Å². The van der Waals surface area contributed by atoms with Gasteiger partial charge >= 0.3 is 5.97 Å². The molecule has 0 aliphatic rings. The van der Waals surface area contributed by atoms with Crippen LogP contribution in [0.4, 0.5) is 0 Å². The minimum absolute atomic E-state index is 0.00585. The van der Waals surface area contributed by atoms with Gasteiger partial charge in [0.05, 0.1) is 6.42 Å². The molecule has 0 aromatic carbocycles. The van der Waals surface area contributed by atoms with Crippen LogP contribution >= 0.6 is 0 Å². The van der Waals surface area contributed by atoms with E-state index in [9.17, 15) is 14.4 Å². The van der Waals surface area contributed by atoms with E-state index in [1.807, 2.05) is 13.8 Å². The Bertz CT molecular complexity index is 325. The van der Waals surface area contributed by atoms with Crippen LogP contribution in [0.25, 0.3) is 0 Å². The summed E-state index contributed by atoms with van der Waals surface area (Å²) in [5.74, 6) is -1.13. The van der Waals surface area contributed by atoms with Crippen LogP contribution in [0.2, 0.25) is 0 Å². The van der Waals surface area contributed by atoms with Gasteiger partial charge in [0.25, 0.3) is 0 Å². The molecule has 6 heteroatoms. The topological polar surface area (TPSA) is 77.9 Å². The van der Waals surface area contributed by atoms with Crippen LogP contribution in [0.5, 0.6) is 0 Å². The SMILES string of the molecule is CCCN(CCC)C(=O)CCC(=O)N(C)CCC(=O)O. The zero-order valence-electron chi connectivity index (χ0n) is 12.7. The molecule has 0 unspecified atom stereocenters. The number of carbonyl (C=O) groups is 3. The molecule has 1 N–H and O–H groups in total. The minimum Gasteiger partial charge on any atom is -0.481 e. The molecule has 116 valence electrons. The summed E-state index contributed by atoms with van der Waals surface area (Å²) in [5.41, 5.74) is 0. The van der Waals surface area contributed by atoms with Crippen molar-refractivity contribution < 1.29 is 19.5 Å². The molecule has 0 saturated carbocycles. The molecule has 0 spiro atoms. The van der Waals surface area contributed by atoms with Crippen molar-refractivity contribution >= 4 is 17.8 Å². The number of carboxylic acids is 1. The summed E-state index contributed by atoms with van der Waals surface area (Å²) in [6.07, 6.45) is 2.06. The first-order valence-electron chi connectivity index (χ1n) is 7.15. The van der Waals surface area contributed by atoms with E-state index in [2.05, 4.69) is 0 Å². The Labute approximate surface area is 120 Å². The fraction of sp³-hybridized carbons (Fsp3) is 0.786. The zero-order valence-corrected chi connectivity index (χ0v) is 12.7. The van der Waals surface area contributed by atoms with E-state index in [-0.39, 0.29) is 37.6 Å². The van der Waals surface area contributed by atoms with E-state index in [0.29, 0.717) is 0 Å². The molecule has 20 heavy (non-hydrogen) atoms. The predicted octanol–water partition coefficient (Wildman–Crippen LogP) is 1.35. The molecular weight excluding hydrogens is 260 g/mol. The second-order valence-corrected chi connectivity index (χ2v) is 4.84. The lowest BCUT2D eigenvalue weighted by Gasteiger charge is -2.22. The van der Waals surface area contributed by atoms with Crippen LogP contribution in [-0.4, -0.2) is 59.4 Å². The fourth-order valence-electron chi connectivity index (χ4n) is 1.85. The third-order valence-electron chi connectivity index (χ3n) is 2.98. The summed E-state index contributed by atoms with van der Waals surface area (Å²) < 4.78 is 0. The van der Waals surface area contributed by atoms with Crippen molar-refractivity contribution in [1.82, 2.24) is 9.80 Å². The lowest BCUT2D eigenvalue weighted by Crippen LogP contribution is -2.34. The highest BCUT2D eigenvalue weighted by molar-refractivity contribution is 5.84. The molecule has 0 aliphatic heterocycles. The van der Waals surface area contributed by atoms with Crippen molar-refractivity contribution in [3.63, 3.8) is 0 Å². The smallest absolute Gasteiger partial charge is 0.305 e. The Kier molecular flexibility index (Phi) is 9.41. The summed E-state index contributed by atoms with van der Waals surface area (Å²) in [6.45, 7) is 5.64. The van der Waals surface area contributed by atoms with Crippen molar-refractivity contribution in [1.29, 1.82) is 0 Å². The van der Waals surface area contributed by atoms with Gasteiger partial charge in [-0.3, -0.25) is 14.4 Å².